The number of ether oxygens (including phenoxy) is 1. The fraction of sp³-hybridized carbons (Fsp3) is 0.462. The molecular formula is C13H18BNO2. The lowest BCUT2D eigenvalue weighted by molar-refractivity contribution is 0.198. The molecule has 0 saturated carbocycles. The normalized spacial score (nSPS) is 15.6. The fourth-order valence-corrected chi connectivity index (χ4v) is 1.88. The van der Waals surface area contributed by atoms with E-state index in [2.05, 4.69) is 48.2 Å². The Morgan fingerprint density at radius 2 is 1.82 bits per heavy atom. The van der Waals surface area contributed by atoms with Gasteiger partial charge >= 0.3 is 0 Å². The summed E-state index contributed by atoms with van der Waals surface area (Å²) in [6.45, 7) is 2.36. The van der Waals surface area contributed by atoms with Crippen molar-refractivity contribution in [1.29, 1.82) is 0 Å². The first-order chi connectivity index (χ1) is 8.24. The average Bonchev–Trinajstić information content (AvgIpc) is 2.41. The topological polar surface area (TPSA) is 38.3 Å². The van der Waals surface area contributed by atoms with Crippen molar-refractivity contribution in [3.8, 4) is 0 Å². The molecule has 1 saturated heterocycles. The van der Waals surface area contributed by atoms with E-state index < -0.39 is 5.87 Å². The third-order valence-electron chi connectivity index (χ3n) is 2.81. The van der Waals surface area contributed by atoms with Gasteiger partial charge in [0.05, 0.1) is 7.11 Å². The summed E-state index contributed by atoms with van der Waals surface area (Å²) in [5.41, 5.74) is 1.51. The zero-order chi connectivity index (χ0) is 12.5. The van der Waals surface area contributed by atoms with Gasteiger partial charge in [-0.1, -0.05) is 30.3 Å². The fourth-order valence-electron chi connectivity index (χ4n) is 1.88. The molecule has 2 rings (SSSR count). The van der Waals surface area contributed by atoms with Crippen LogP contribution in [0, 0.1) is 0 Å². The van der Waals surface area contributed by atoms with Gasteiger partial charge in [-0.2, -0.15) is 0 Å². The molecule has 90 valence electrons. The Hall–Kier alpha value is -1.29. The number of carbonyl (C=O) groups excluding carboxylic acids is 1. The summed E-state index contributed by atoms with van der Waals surface area (Å²) in [5.74, 6) is 0.0532. The van der Waals surface area contributed by atoms with Gasteiger partial charge in [0.1, 0.15) is 0 Å². The Kier molecular flexibility index (Phi) is 6.41. The third-order valence-corrected chi connectivity index (χ3v) is 2.81. The molecule has 1 heterocycles. The zero-order valence-corrected chi connectivity index (χ0v) is 10.2. The lowest BCUT2D eigenvalue weighted by Gasteiger charge is -2.22. The smallest absolute Gasteiger partial charge is 0.235 e. The van der Waals surface area contributed by atoms with Crippen molar-refractivity contribution in [2.75, 3.05) is 20.2 Å². The number of carbonyl (C=O) groups is 1. The molecule has 0 atom stereocenters. The van der Waals surface area contributed by atoms with Crippen LogP contribution in [0.25, 0.3) is 0 Å². The molecule has 1 fully saturated rings. The van der Waals surface area contributed by atoms with Crippen molar-refractivity contribution in [1.82, 2.24) is 5.32 Å². The van der Waals surface area contributed by atoms with E-state index in [-0.39, 0.29) is 0 Å². The van der Waals surface area contributed by atoms with Crippen LogP contribution in [0.15, 0.2) is 30.3 Å². The highest BCUT2D eigenvalue weighted by atomic mass is 16.5. The highest BCUT2D eigenvalue weighted by molar-refractivity contribution is 6.55. The molecule has 0 unspecified atom stereocenters. The molecule has 1 aliphatic heterocycles. The summed E-state index contributed by atoms with van der Waals surface area (Å²) in [4.78, 5) is 9.37. The minimum Gasteiger partial charge on any atom is -0.478 e. The third kappa shape index (κ3) is 5.54. The Morgan fingerprint density at radius 1 is 1.29 bits per heavy atom. The Bertz CT molecular complexity index is 323. The standard InChI is InChI=1S/C11H15N.C2H3BO2/c1-2-4-10(5-3-1)11-6-8-12-9-7-11;1-5-2(3)4/h1-5,11-12H,6-9H2;1H3. The van der Waals surface area contributed by atoms with Gasteiger partial charge in [-0.05, 0) is 37.4 Å². The van der Waals surface area contributed by atoms with Crippen molar-refractivity contribution >= 4 is 13.7 Å². The molecule has 0 aliphatic carbocycles. The van der Waals surface area contributed by atoms with Crippen molar-refractivity contribution in [3.63, 3.8) is 0 Å². The molecule has 3 nitrogen and oxygen atoms in total. The first kappa shape index (κ1) is 13.8. The van der Waals surface area contributed by atoms with Crippen LogP contribution in [-0.4, -0.2) is 33.9 Å². The molecule has 0 aromatic heterocycles. The maximum atomic E-state index is 9.37. The van der Waals surface area contributed by atoms with Crippen molar-refractivity contribution < 1.29 is 9.53 Å². The first-order valence-corrected chi connectivity index (χ1v) is 5.83. The van der Waals surface area contributed by atoms with E-state index in [1.807, 2.05) is 0 Å². The van der Waals surface area contributed by atoms with Crippen LogP contribution in [0.1, 0.15) is 24.3 Å². The van der Waals surface area contributed by atoms with Gasteiger partial charge in [0.15, 0.2) is 0 Å². The van der Waals surface area contributed by atoms with Crippen molar-refractivity contribution in [2.24, 2.45) is 0 Å². The molecule has 2 radical (unpaired) electrons. The summed E-state index contributed by atoms with van der Waals surface area (Å²) in [7, 11) is 5.66. The molecule has 4 heteroatoms. The first-order valence-electron chi connectivity index (χ1n) is 5.83. The van der Waals surface area contributed by atoms with Gasteiger partial charge in [0.2, 0.25) is 13.7 Å². The zero-order valence-electron chi connectivity index (χ0n) is 10.2. The Morgan fingerprint density at radius 3 is 2.29 bits per heavy atom. The maximum Gasteiger partial charge on any atom is 0.235 e. The quantitative estimate of drug-likeness (QED) is 0.752. The van der Waals surface area contributed by atoms with Crippen LogP contribution >= 0.6 is 0 Å². The second kappa shape index (κ2) is 7.90. The minimum absolute atomic E-state index is 0.745. The summed E-state index contributed by atoms with van der Waals surface area (Å²) < 4.78 is 3.89. The lowest BCUT2D eigenvalue weighted by Crippen LogP contribution is -2.26. The highest BCUT2D eigenvalue weighted by Gasteiger charge is 2.13. The lowest BCUT2D eigenvalue weighted by atomic mass is 9.90. The molecule has 1 aliphatic rings. The summed E-state index contributed by atoms with van der Waals surface area (Å²) in [6, 6.07) is 10.9. The number of piperidine rings is 1. The van der Waals surface area contributed by atoms with Gasteiger partial charge in [-0.3, -0.25) is 4.79 Å². The van der Waals surface area contributed by atoms with Crippen LogP contribution in [-0.2, 0) is 4.74 Å². The number of hydrogen-bond acceptors (Lipinski definition) is 3. The van der Waals surface area contributed by atoms with Crippen LogP contribution in [0.3, 0.4) is 0 Å². The largest absolute Gasteiger partial charge is 0.478 e. The van der Waals surface area contributed by atoms with Crippen molar-refractivity contribution in [3.05, 3.63) is 35.9 Å². The Labute approximate surface area is 104 Å². The molecule has 1 N–H and O–H groups in total. The molecular weight excluding hydrogens is 213 g/mol. The second-order valence-electron chi connectivity index (χ2n) is 3.96. The van der Waals surface area contributed by atoms with Crippen LogP contribution in [0.4, 0.5) is 4.79 Å². The summed E-state index contributed by atoms with van der Waals surface area (Å²) in [5, 5.41) is 3.38. The van der Waals surface area contributed by atoms with Gasteiger partial charge in [0.25, 0.3) is 0 Å². The van der Waals surface area contributed by atoms with E-state index in [1.54, 1.807) is 0 Å². The molecule has 0 bridgehead atoms. The van der Waals surface area contributed by atoms with Gasteiger partial charge in [-0.15, -0.1) is 0 Å². The van der Waals surface area contributed by atoms with E-state index in [9.17, 15) is 4.79 Å². The number of methoxy groups -OCH3 is 1. The molecule has 17 heavy (non-hydrogen) atoms. The summed E-state index contributed by atoms with van der Waals surface area (Å²) >= 11 is 0. The number of rotatable bonds is 1. The van der Waals surface area contributed by atoms with E-state index in [0.29, 0.717) is 0 Å². The van der Waals surface area contributed by atoms with E-state index in [0.717, 1.165) is 5.92 Å². The second-order valence-corrected chi connectivity index (χ2v) is 3.96. The molecule has 0 amide bonds. The predicted octanol–water partition coefficient (Wildman–Crippen LogP) is 2.07. The predicted molar refractivity (Wildman–Crippen MR) is 69.4 cm³/mol. The molecule has 0 spiro atoms. The maximum absolute atomic E-state index is 9.37. The van der Waals surface area contributed by atoms with Crippen LogP contribution in [0.2, 0.25) is 0 Å². The molecule has 1 aromatic rings. The Balaban J connectivity index is 0.000000249. The number of hydrogen-bond donors (Lipinski definition) is 1. The summed E-state index contributed by atoms with van der Waals surface area (Å²) in [6.07, 6.45) is 2.59. The van der Waals surface area contributed by atoms with E-state index in [1.165, 1.54) is 38.6 Å². The highest BCUT2D eigenvalue weighted by Crippen LogP contribution is 2.24. The number of benzene rings is 1. The average molecular weight is 231 g/mol. The van der Waals surface area contributed by atoms with Crippen LogP contribution < -0.4 is 5.32 Å². The van der Waals surface area contributed by atoms with Crippen molar-refractivity contribution in [2.45, 2.75) is 18.8 Å². The van der Waals surface area contributed by atoms with Gasteiger partial charge < -0.3 is 10.1 Å². The van der Waals surface area contributed by atoms with Crippen LogP contribution in [0.5, 0.6) is 0 Å². The molecule has 1 aromatic carbocycles. The monoisotopic (exact) mass is 231 g/mol. The van der Waals surface area contributed by atoms with E-state index in [4.69, 9.17) is 0 Å². The van der Waals surface area contributed by atoms with Gasteiger partial charge in [0, 0.05) is 0 Å². The minimum atomic E-state index is -0.745. The van der Waals surface area contributed by atoms with E-state index >= 15 is 0 Å². The number of nitrogens with one attached hydrogen (secondary N) is 1. The SMILES string of the molecule is [B]C(=O)OC.c1ccc(C2CCNCC2)cc1. The van der Waals surface area contributed by atoms with Gasteiger partial charge in [-0.25, -0.2) is 0 Å².